The number of carbonyl (C=O) groups is 4. The third-order valence-corrected chi connectivity index (χ3v) is 4.82. The first-order chi connectivity index (χ1) is 14.4. The summed E-state index contributed by atoms with van der Waals surface area (Å²) in [6.45, 7) is 0.259. The van der Waals surface area contributed by atoms with Crippen LogP contribution in [-0.4, -0.2) is 28.5 Å². The zero-order valence-electron chi connectivity index (χ0n) is 15.8. The second-order valence-electron chi connectivity index (χ2n) is 6.78. The Morgan fingerprint density at radius 2 is 1.63 bits per heavy atom. The maximum absolute atomic E-state index is 12.7. The van der Waals surface area contributed by atoms with Gasteiger partial charge >= 0.3 is 0 Å². The molecule has 0 radical (unpaired) electrons. The SMILES string of the molecule is NC(=O)c1ccc(CNC(=O)c2ccc3c(c2)C(=O)N(Cc2ccco2)C3=O)cc1. The number of nitrogens with zero attached hydrogens (tertiary/aromatic N) is 1. The van der Waals surface area contributed by atoms with Crippen molar-refractivity contribution in [2.75, 3.05) is 0 Å². The van der Waals surface area contributed by atoms with Crippen LogP contribution in [-0.2, 0) is 13.1 Å². The normalized spacial score (nSPS) is 12.7. The lowest BCUT2D eigenvalue weighted by Crippen LogP contribution is -2.28. The van der Waals surface area contributed by atoms with Gasteiger partial charge in [-0.15, -0.1) is 0 Å². The van der Waals surface area contributed by atoms with Crippen LogP contribution in [0.5, 0.6) is 0 Å². The summed E-state index contributed by atoms with van der Waals surface area (Å²) in [5.74, 6) is -1.31. The fraction of sp³-hybridized carbons (Fsp3) is 0.0909. The lowest BCUT2D eigenvalue weighted by atomic mass is 10.1. The highest BCUT2D eigenvalue weighted by atomic mass is 16.3. The minimum absolute atomic E-state index is 0.0299. The van der Waals surface area contributed by atoms with Crippen molar-refractivity contribution in [2.45, 2.75) is 13.1 Å². The fourth-order valence-corrected chi connectivity index (χ4v) is 3.21. The monoisotopic (exact) mass is 403 g/mol. The minimum atomic E-state index is -0.524. The van der Waals surface area contributed by atoms with E-state index < -0.39 is 17.7 Å². The summed E-state index contributed by atoms with van der Waals surface area (Å²) in [7, 11) is 0. The Kier molecular flexibility index (Phi) is 4.89. The predicted molar refractivity (Wildman–Crippen MR) is 105 cm³/mol. The number of amides is 4. The summed E-state index contributed by atoms with van der Waals surface area (Å²) >= 11 is 0. The third-order valence-electron chi connectivity index (χ3n) is 4.82. The molecule has 0 atom stereocenters. The van der Waals surface area contributed by atoms with E-state index in [0.717, 1.165) is 10.5 Å². The van der Waals surface area contributed by atoms with Crippen molar-refractivity contribution < 1.29 is 23.6 Å². The molecule has 3 N–H and O–H groups in total. The van der Waals surface area contributed by atoms with Crippen LogP contribution in [0.25, 0.3) is 0 Å². The molecule has 8 heteroatoms. The summed E-state index contributed by atoms with van der Waals surface area (Å²) < 4.78 is 5.21. The van der Waals surface area contributed by atoms with Crippen molar-refractivity contribution in [1.82, 2.24) is 10.2 Å². The molecule has 0 spiro atoms. The zero-order valence-corrected chi connectivity index (χ0v) is 15.8. The maximum atomic E-state index is 12.7. The molecule has 1 aliphatic heterocycles. The Balaban J connectivity index is 1.46. The van der Waals surface area contributed by atoms with Gasteiger partial charge in [0.1, 0.15) is 5.76 Å². The number of furan rings is 1. The number of nitrogens with one attached hydrogen (secondary N) is 1. The van der Waals surface area contributed by atoms with Crippen molar-refractivity contribution in [3.8, 4) is 0 Å². The molecule has 0 fully saturated rings. The maximum Gasteiger partial charge on any atom is 0.261 e. The Labute approximate surface area is 171 Å². The Morgan fingerprint density at radius 1 is 0.933 bits per heavy atom. The van der Waals surface area contributed by atoms with Gasteiger partial charge in [-0.25, -0.2) is 0 Å². The van der Waals surface area contributed by atoms with Crippen molar-refractivity contribution >= 4 is 23.6 Å². The lowest BCUT2D eigenvalue weighted by Gasteiger charge is -2.11. The molecule has 0 aliphatic carbocycles. The molecule has 30 heavy (non-hydrogen) atoms. The lowest BCUT2D eigenvalue weighted by molar-refractivity contribution is 0.0631. The van der Waals surface area contributed by atoms with Crippen LogP contribution in [0.4, 0.5) is 0 Å². The summed E-state index contributed by atoms with van der Waals surface area (Å²) in [6.07, 6.45) is 1.47. The van der Waals surface area contributed by atoms with Gasteiger partial charge in [0.25, 0.3) is 17.7 Å². The summed E-state index contributed by atoms with van der Waals surface area (Å²) in [5, 5.41) is 2.75. The van der Waals surface area contributed by atoms with Crippen molar-refractivity contribution in [1.29, 1.82) is 0 Å². The second-order valence-corrected chi connectivity index (χ2v) is 6.78. The van der Waals surface area contributed by atoms with Crippen LogP contribution in [0, 0.1) is 0 Å². The second kappa shape index (κ2) is 7.67. The minimum Gasteiger partial charge on any atom is -0.467 e. The molecule has 2 heterocycles. The zero-order chi connectivity index (χ0) is 21.3. The van der Waals surface area contributed by atoms with E-state index in [1.54, 1.807) is 36.4 Å². The first-order valence-electron chi connectivity index (χ1n) is 9.13. The quantitative estimate of drug-likeness (QED) is 0.610. The molecule has 1 aliphatic rings. The van der Waals surface area contributed by atoms with Crippen LogP contribution in [0.3, 0.4) is 0 Å². The number of hydrogen-bond donors (Lipinski definition) is 2. The van der Waals surface area contributed by atoms with Crippen LogP contribution in [0.1, 0.15) is 52.8 Å². The number of fused-ring (bicyclic) bond motifs is 1. The highest BCUT2D eigenvalue weighted by molar-refractivity contribution is 6.22. The topological polar surface area (TPSA) is 123 Å². The van der Waals surface area contributed by atoms with Gasteiger partial charge in [0, 0.05) is 17.7 Å². The molecule has 8 nitrogen and oxygen atoms in total. The largest absolute Gasteiger partial charge is 0.467 e. The van der Waals surface area contributed by atoms with Gasteiger partial charge in [-0.2, -0.15) is 0 Å². The van der Waals surface area contributed by atoms with Crippen molar-refractivity contribution in [3.05, 3.63) is 94.4 Å². The van der Waals surface area contributed by atoms with E-state index in [0.29, 0.717) is 11.3 Å². The van der Waals surface area contributed by atoms with Crippen LogP contribution in [0.2, 0.25) is 0 Å². The first-order valence-corrected chi connectivity index (χ1v) is 9.13. The van der Waals surface area contributed by atoms with E-state index in [4.69, 9.17) is 10.2 Å². The molecule has 3 aromatic rings. The van der Waals surface area contributed by atoms with E-state index in [-0.39, 0.29) is 35.7 Å². The predicted octanol–water partition coefficient (Wildman–Crippen LogP) is 2.10. The standard InChI is InChI=1S/C22H17N3O5/c23-19(26)14-5-3-13(4-6-14)11-24-20(27)15-7-8-17-18(10-15)22(29)25(21(17)28)12-16-2-1-9-30-16/h1-10H,11-12H2,(H2,23,26)(H,24,27). The van der Waals surface area contributed by atoms with E-state index >= 15 is 0 Å². The molecule has 0 bridgehead atoms. The van der Waals surface area contributed by atoms with Crippen LogP contribution < -0.4 is 11.1 Å². The Morgan fingerprint density at radius 3 is 2.30 bits per heavy atom. The number of rotatable bonds is 6. The molecule has 4 rings (SSSR count). The highest BCUT2D eigenvalue weighted by Crippen LogP contribution is 2.25. The smallest absolute Gasteiger partial charge is 0.261 e. The van der Waals surface area contributed by atoms with E-state index in [1.165, 1.54) is 24.5 Å². The summed E-state index contributed by atoms with van der Waals surface area (Å²) in [5.41, 5.74) is 7.08. The highest BCUT2D eigenvalue weighted by Gasteiger charge is 2.36. The molecule has 0 unspecified atom stereocenters. The van der Waals surface area contributed by atoms with Gasteiger partial charge in [-0.1, -0.05) is 12.1 Å². The molecule has 150 valence electrons. The van der Waals surface area contributed by atoms with Crippen molar-refractivity contribution in [3.63, 3.8) is 0 Å². The Hall–Kier alpha value is -4.20. The van der Waals surface area contributed by atoms with Gasteiger partial charge in [-0.05, 0) is 48.0 Å². The van der Waals surface area contributed by atoms with Gasteiger partial charge in [0.2, 0.25) is 5.91 Å². The van der Waals surface area contributed by atoms with E-state index in [1.807, 2.05) is 0 Å². The number of primary amides is 1. The number of carbonyl (C=O) groups excluding carboxylic acids is 4. The van der Waals surface area contributed by atoms with Crippen LogP contribution >= 0.6 is 0 Å². The molecular formula is C22H17N3O5. The average molecular weight is 403 g/mol. The van der Waals surface area contributed by atoms with Gasteiger partial charge in [0.05, 0.1) is 23.9 Å². The first kappa shape index (κ1) is 19.1. The van der Waals surface area contributed by atoms with Gasteiger partial charge in [-0.3, -0.25) is 24.1 Å². The number of nitrogens with two attached hydrogens (primary N) is 1. The molecule has 0 saturated carbocycles. The van der Waals surface area contributed by atoms with Gasteiger partial charge < -0.3 is 15.5 Å². The molecule has 1 aromatic heterocycles. The van der Waals surface area contributed by atoms with E-state index in [2.05, 4.69) is 5.32 Å². The average Bonchev–Trinajstić information content (AvgIpc) is 3.35. The number of hydrogen-bond acceptors (Lipinski definition) is 5. The molecular weight excluding hydrogens is 386 g/mol. The van der Waals surface area contributed by atoms with E-state index in [9.17, 15) is 19.2 Å². The number of benzene rings is 2. The fourth-order valence-electron chi connectivity index (χ4n) is 3.21. The molecule has 4 amide bonds. The summed E-state index contributed by atoms with van der Waals surface area (Å²) in [4.78, 5) is 49.9. The third kappa shape index (κ3) is 3.58. The van der Waals surface area contributed by atoms with Crippen LogP contribution in [0.15, 0.2) is 65.3 Å². The molecule has 2 aromatic carbocycles. The Bertz CT molecular complexity index is 1150. The molecule has 0 saturated heterocycles. The van der Waals surface area contributed by atoms with Crippen molar-refractivity contribution in [2.24, 2.45) is 5.73 Å². The van der Waals surface area contributed by atoms with Gasteiger partial charge in [0.15, 0.2) is 0 Å². The number of imide groups is 1. The summed E-state index contributed by atoms with van der Waals surface area (Å²) in [6, 6.07) is 14.3.